The van der Waals surface area contributed by atoms with E-state index in [4.69, 9.17) is 4.74 Å². The zero-order valence-corrected chi connectivity index (χ0v) is 14.9. The Kier molecular flexibility index (Phi) is 6.64. The number of hydrogen-bond acceptors (Lipinski definition) is 3. The van der Waals surface area contributed by atoms with E-state index in [0.29, 0.717) is 18.9 Å². The molecule has 0 saturated carbocycles. The number of ether oxygens (including phenoxy) is 1. The number of likely N-dealkylation sites (tertiary alicyclic amines) is 1. The van der Waals surface area contributed by atoms with Crippen LogP contribution in [0.5, 0.6) is 5.75 Å². The summed E-state index contributed by atoms with van der Waals surface area (Å²) in [5.74, 6) is 1.42. The molecule has 2 amide bonds. The maximum Gasteiger partial charge on any atom is 0.227 e. The second kappa shape index (κ2) is 8.71. The quantitative estimate of drug-likeness (QED) is 0.870. The van der Waals surface area contributed by atoms with Gasteiger partial charge in [0, 0.05) is 32.1 Å². The molecule has 0 aliphatic carbocycles. The minimum absolute atomic E-state index is 0.00951. The highest BCUT2D eigenvalue weighted by Crippen LogP contribution is 2.22. The van der Waals surface area contributed by atoms with E-state index in [9.17, 15) is 9.59 Å². The van der Waals surface area contributed by atoms with Crippen molar-refractivity contribution in [1.29, 1.82) is 0 Å². The van der Waals surface area contributed by atoms with Crippen molar-refractivity contribution in [2.24, 2.45) is 5.92 Å². The summed E-state index contributed by atoms with van der Waals surface area (Å²) >= 11 is 0. The van der Waals surface area contributed by atoms with Crippen LogP contribution in [-0.2, 0) is 16.0 Å². The van der Waals surface area contributed by atoms with Gasteiger partial charge >= 0.3 is 0 Å². The average Bonchev–Trinajstić information content (AvgIpc) is 2.54. The molecule has 1 aliphatic heterocycles. The molecule has 24 heavy (non-hydrogen) atoms. The second-order valence-corrected chi connectivity index (χ2v) is 6.71. The predicted octanol–water partition coefficient (Wildman–Crippen LogP) is 2.39. The lowest BCUT2D eigenvalue weighted by Gasteiger charge is -2.32. The lowest BCUT2D eigenvalue weighted by molar-refractivity contribution is -0.132. The smallest absolute Gasteiger partial charge is 0.227 e. The zero-order valence-electron chi connectivity index (χ0n) is 14.9. The molecule has 1 saturated heterocycles. The normalized spacial score (nSPS) is 15.4. The Balaban J connectivity index is 1.87. The van der Waals surface area contributed by atoms with Gasteiger partial charge in [-0.05, 0) is 38.7 Å². The molecule has 1 aromatic rings. The van der Waals surface area contributed by atoms with Gasteiger partial charge < -0.3 is 15.0 Å². The van der Waals surface area contributed by atoms with Crippen LogP contribution in [0, 0.1) is 5.92 Å². The van der Waals surface area contributed by atoms with Crippen LogP contribution >= 0.6 is 0 Å². The van der Waals surface area contributed by atoms with Crippen LogP contribution in [0.15, 0.2) is 24.3 Å². The average molecular weight is 332 g/mol. The molecule has 0 atom stereocenters. The van der Waals surface area contributed by atoms with Crippen LogP contribution in [0.25, 0.3) is 0 Å². The Morgan fingerprint density at radius 2 is 1.92 bits per heavy atom. The molecule has 132 valence electrons. The van der Waals surface area contributed by atoms with E-state index in [1.54, 1.807) is 0 Å². The molecule has 0 unspecified atom stereocenters. The Hall–Kier alpha value is -2.04. The minimum Gasteiger partial charge on any atom is -0.491 e. The van der Waals surface area contributed by atoms with Gasteiger partial charge in [0.1, 0.15) is 5.75 Å². The van der Waals surface area contributed by atoms with E-state index in [1.807, 2.05) is 43.0 Å². The standard InChI is InChI=1S/C19H28N2O3/c1-14(2)24-18-7-5-4-6-17(18)12-19(23)21-10-8-16(9-11-21)13-20-15(3)22/h4-7,14,16H,8-13H2,1-3H3,(H,20,22). The number of carbonyl (C=O) groups is 2. The lowest BCUT2D eigenvalue weighted by Crippen LogP contribution is -2.42. The van der Waals surface area contributed by atoms with Crippen molar-refractivity contribution in [3.05, 3.63) is 29.8 Å². The molecule has 1 aliphatic rings. The summed E-state index contributed by atoms with van der Waals surface area (Å²) in [4.78, 5) is 25.5. The summed E-state index contributed by atoms with van der Waals surface area (Å²) in [7, 11) is 0. The van der Waals surface area contributed by atoms with Crippen molar-refractivity contribution in [3.8, 4) is 5.75 Å². The molecule has 5 heteroatoms. The number of nitrogens with zero attached hydrogens (tertiary/aromatic N) is 1. The molecule has 2 rings (SSSR count). The molecule has 0 radical (unpaired) electrons. The molecule has 0 bridgehead atoms. The first-order valence-corrected chi connectivity index (χ1v) is 8.72. The first-order valence-electron chi connectivity index (χ1n) is 8.72. The largest absolute Gasteiger partial charge is 0.491 e. The number of rotatable bonds is 6. The van der Waals surface area contributed by atoms with Gasteiger partial charge in [0.05, 0.1) is 12.5 Å². The van der Waals surface area contributed by atoms with Gasteiger partial charge in [-0.2, -0.15) is 0 Å². The van der Waals surface area contributed by atoms with E-state index in [2.05, 4.69) is 5.32 Å². The summed E-state index contributed by atoms with van der Waals surface area (Å²) in [5.41, 5.74) is 0.941. The summed E-state index contributed by atoms with van der Waals surface area (Å²) in [6.07, 6.45) is 2.34. The first kappa shape index (κ1) is 18.3. The van der Waals surface area contributed by atoms with Crippen LogP contribution in [0.2, 0.25) is 0 Å². The third kappa shape index (κ3) is 5.55. The first-order chi connectivity index (χ1) is 11.5. The Bertz CT molecular complexity index is 563. The molecular formula is C19H28N2O3. The maximum atomic E-state index is 12.6. The Morgan fingerprint density at radius 1 is 1.25 bits per heavy atom. The van der Waals surface area contributed by atoms with E-state index in [1.165, 1.54) is 6.92 Å². The monoisotopic (exact) mass is 332 g/mol. The maximum absolute atomic E-state index is 12.6. The molecule has 1 aromatic carbocycles. The fourth-order valence-electron chi connectivity index (χ4n) is 2.97. The number of carbonyl (C=O) groups excluding carboxylic acids is 2. The molecule has 1 fully saturated rings. The molecule has 1 N–H and O–H groups in total. The fourth-order valence-corrected chi connectivity index (χ4v) is 2.97. The van der Waals surface area contributed by atoms with Gasteiger partial charge in [-0.15, -0.1) is 0 Å². The molecular weight excluding hydrogens is 304 g/mol. The van der Waals surface area contributed by atoms with Gasteiger partial charge in [0.15, 0.2) is 0 Å². The van der Waals surface area contributed by atoms with E-state index in [-0.39, 0.29) is 17.9 Å². The Labute approximate surface area is 144 Å². The molecule has 0 spiro atoms. The summed E-state index contributed by atoms with van der Waals surface area (Å²) in [6, 6.07) is 7.75. The third-order valence-electron chi connectivity index (χ3n) is 4.28. The molecule has 0 aromatic heterocycles. The highest BCUT2D eigenvalue weighted by molar-refractivity contribution is 5.79. The van der Waals surface area contributed by atoms with Crippen molar-refractivity contribution < 1.29 is 14.3 Å². The van der Waals surface area contributed by atoms with Gasteiger partial charge in [0.2, 0.25) is 11.8 Å². The topological polar surface area (TPSA) is 58.6 Å². The highest BCUT2D eigenvalue weighted by Gasteiger charge is 2.23. The van der Waals surface area contributed by atoms with Crippen molar-refractivity contribution in [2.45, 2.75) is 46.1 Å². The van der Waals surface area contributed by atoms with Gasteiger partial charge in [-0.25, -0.2) is 0 Å². The summed E-state index contributed by atoms with van der Waals surface area (Å²) < 4.78 is 5.79. The predicted molar refractivity (Wildman–Crippen MR) is 93.9 cm³/mol. The van der Waals surface area contributed by atoms with Crippen LogP contribution < -0.4 is 10.1 Å². The van der Waals surface area contributed by atoms with Crippen molar-refractivity contribution >= 4 is 11.8 Å². The number of para-hydroxylation sites is 1. The highest BCUT2D eigenvalue weighted by atomic mass is 16.5. The van der Waals surface area contributed by atoms with Crippen LogP contribution in [0.1, 0.15) is 39.2 Å². The van der Waals surface area contributed by atoms with Crippen molar-refractivity contribution in [2.75, 3.05) is 19.6 Å². The van der Waals surface area contributed by atoms with E-state index < -0.39 is 0 Å². The van der Waals surface area contributed by atoms with Gasteiger partial charge in [-0.1, -0.05) is 18.2 Å². The molecule has 1 heterocycles. The third-order valence-corrected chi connectivity index (χ3v) is 4.28. The van der Waals surface area contributed by atoms with Gasteiger partial charge in [0.25, 0.3) is 0 Å². The number of nitrogens with one attached hydrogen (secondary N) is 1. The van der Waals surface area contributed by atoms with Crippen LogP contribution in [-0.4, -0.2) is 42.5 Å². The lowest BCUT2D eigenvalue weighted by atomic mass is 9.96. The van der Waals surface area contributed by atoms with Crippen molar-refractivity contribution in [3.63, 3.8) is 0 Å². The van der Waals surface area contributed by atoms with E-state index >= 15 is 0 Å². The molecule has 5 nitrogen and oxygen atoms in total. The summed E-state index contributed by atoms with van der Waals surface area (Å²) in [6.45, 7) is 7.74. The van der Waals surface area contributed by atoms with Crippen LogP contribution in [0.4, 0.5) is 0 Å². The van der Waals surface area contributed by atoms with Crippen LogP contribution in [0.3, 0.4) is 0 Å². The number of amides is 2. The SMILES string of the molecule is CC(=O)NCC1CCN(C(=O)Cc2ccccc2OC(C)C)CC1. The number of hydrogen-bond donors (Lipinski definition) is 1. The zero-order chi connectivity index (χ0) is 17.5. The fraction of sp³-hybridized carbons (Fsp3) is 0.579. The Morgan fingerprint density at radius 3 is 2.54 bits per heavy atom. The van der Waals surface area contributed by atoms with Gasteiger partial charge in [-0.3, -0.25) is 9.59 Å². The summed E-state index contributed by atoms with van der Waals surface area (Å²) in [5, 5.41) is 2.87. The van der Waals surface area contributed by atoms with E-state index in [0.717, 1.165) is 37.2 Å². The van der Waals surface area contributed by atoms with Crippen molar-refractivity contribution in [1.82, 2.24) is 10.2 Å². The number of benzene rings is 1. The minimum atomic E-state index is 0.00951. The second-order valence-electron chi connectivity index (χ2n) is 6.71. The number of piperidine rings is 1.